The van der Waals surface area contributed by atoms with Gasteiger partial charge in [-0.2, -0.15) is 0 Å². The molecule has 0 fully saturated rings. The fourth-order valence-electron chi connectivity index (χ4n) is 16.2. The van der Waals surface area contributed by atoms with Crippen molar-refractivity contribution in [2.24, 2.45) is 0 Å². The number of hydrogen-bond acceptors (Lipinski definition) is 6. The van der Waals surface area contributed by atoms with E-state index in [1.54, 1.807) is 0 Å². The molecule has 18 rings (SSSR count). The van der Waals surface area contributed by atoms with Crippen LogP contribution in [0.15, 0.2) is 265 Å². The van der Waals surface area contributed by atoms with Crippen LogP contribution in [0.4, 0.5) is 68.2 Å². The van der Waals surface area contributed by atoms with Crippen molar-refractivity contribution in [3.8, 4) is 27.5 Å². The molecular formula is C90H79B2N5OS. The summed E-state index contributed by atoms with van der Waals surface area (Å²) >= 11 is 1.95. The predicted molar refractivity (Wildman–Crippen MR) is 425 cm³/mol. The molecule has 9 heteroatoms. The second-order valence-electron chi connectivity index (χ2n) is 31.8. The van der Waals surface area contributed by atoms with E-state index in [0.29, 0.717) is 0 Å². The monoisotopic (exact) mass is 1300 g/mol. The topological polar surface area (TPSA) is 31.0 Å². The van der Waals surface area contributed by atoms with Gasteiger partial charge in [0.15, 0.2) is 0 Å². The Hall–Kier alpha value is -10.5. The van der Waals surface area contributed by atoms with E-state index in [1.165, 1.54) is 98.5 Å². The molecule has 11 aromatic carbocycles. The molecule has 0 N–H and O–H groups in total. The lowest BCUT2D eigenvalue weighted by Gasteiger charge is -2.43. The first kappa shape index (κ1) is 60.9. The summed E-state index contributed by atoms with van der Waals surface area (Å²) in [5.41, 5.74) is 30.1. The van der Waals surface area contributed by atoms with Gasteiger partial charge in [0.05, 0.1) is 28.1 Å². The van der Waals surface area contributed by atoms with E-state index in [1.807, 2.05) is 11.3 Å². The van der Waals surface area contributed by atoms with Gasteiger partial charge in [0.2, 0.25) is 0 Å². The number of fused-ring (bicyclic) bond motifs is 11. The van der Waals surface area contributed by atoms with Crippen molar-refractivity contribution in [2.75, 3.05) is 19.6 Å². The smallest absolute Gasteiger partial charge is 0.297 e. The van der Waals surface area contributed by atoms with Crippen LogP contribution in [0, 0.1) is 0 Å². The molecule has 0 amide bonds. The summed E-state index contributed by atoms with van der Waals surface area (Å²) in [6.45, 7) is 27.7. The van der Waals surface area contributed by atoms with Gasteiger partial charge in [-0.25, -0.2) is 0 Å². The Kier molecular flexibility index (Phi) is 13.5. The van der Waals surface area contributed by atoms with Crippen molar-refractivity contribution in [2.45, 2.75) is 105 Å². The molecule has 0 bridgehead atoms. The quantitative estimate of drug-likeness (QED) is 0.148. The van der Waals surface area contributed by atoms with Crippen LogP contribution in [0.5, 0.6) is 0 Å². The third-order valence-corrected chi connectivity index (χ3v) is 22.5. The van der Waals surface area contributed by atoms with Crippen LogP contribution < -0.4 is 51.9 Å². The lowest BCUT2D eigenvalue weighted by atomic mass is 9.35. The highest BCUT2D eigenvalue weighted by Crippen LogP contribution is 2.52. The Morgan fingerprint density at radius 1 is 0.303 bits per heavy atom. The standard InChI is InChI=1S/C90H79B2N5OS/c1-87(2,3)58-44-59(88(4,5)6)47-65(46-58)96-72-41-28-40-71-83(72)91(85-79(96)54-81(98-85)56-30-18-13-19-31-56)69-50-67-68-51-70-78(53-76(68)95(64-38-26-17-27-39-64)75(67)52-77(69)93(71)62-34-22-15-23-35-62)94(63-36-24-16-25-37-63)73-42-29-43-74-84(73)92(70)86-80(55-82(99-86)57-32-20-14-21-33-57)97(74)66-48-60(89(7,8)9)45-61(49-66)90(10,11)12/h13-55H,1-12H3. The van der Waals surface area contributed by atoms with Gasteiger partial charge in [0, 0.05) is 94.6 Å². The van der Waals surface area contributed by atoms with Crippen LogP contribution in [0.1, 0.15) is 105 Å². The van der Waals surface area contributed by atoms with Gasteiger partial charge in [0.1, 0.15) is 5.76 Å². The van der Waals surface area contributed by atoms with E-state index < -0.39 is 0 Å². The first-order chi connectivity index (χ1) is 47.6. The fraction of sp³-hybridized carbons (Fsp3) is 0.178. The molecule has 0 saturated carbocycles. The largest absolute Gasteiger partial charge is 0.468 e. The van der Waals surface area contributed by atoms with E-state index in [4.69, 9.17) is 4.42 Å². The number of aromatic nitrogens is 1. The molecule has 6 nitrogen and oxygen atoms in total. The summed E-state index contributed by atoms with van der Waals surface area (Å²) in [6, 6.07) is 98.6. The van der Waals surface area contributed by atoms with Crippen molar-refractivity contribution in [1.29, 1.82) is 0 Å². The maximum atomic E-state index is 7.65. The average Bonchev–Trinajstić information content (AvgIpc) is 1.65. The van der Waals surface area contributed by atoms with Crippen LogP contribution >= 0.6 is 11.3 Å². The highest BCUT2D eigenvalue weighted by atomic mass is 32.1. The molecule has 4 aliphatic rings. The maximum absolute atomic E-state index is 7.65. The number of anilines is 12. The predicted octanol–water partition coefficient (Wildman–Crippen LogP) is 21.1. The van der Waals surface area contributed by atoms with Gasteiger partial charge in [-0.05, 0) is 174 Å². The molecule has 0 spiro atoms. The first-order valence-corrected chi connectivity index (χ1v) is 35.9. The number of rotatable bonds is 7. The number of nitrogens with zero attached hydrogens (tertiary/aromatic N) is 5. The second-order valence-corrected chi connectivity index (χ2v) is 32.9. The van der Waals surface area contributed by atoms with E-state index >= 15 is 0 Å². The van der Waals surface area contributed by atoms with Gasteiger partial charge in [-0.15, -0.1) is 11.3 Å². The Bertz CT molecular complexity index is 5180. The van der Waals surface area contributed by atoms with Crippen LogP contribution in [-0.2, 0) is 21.7 Å². The van der Waals surface area contributed by atoms with Gasteiger partial charge in [0.25, 0.3) is 13.4 Å². The molecule has 4 aliphatic heterocycles. The Morgan fingerprint density at radius 2 is 0.677 bits per heavy atom. The van der Waals surface area contributed by atoms with Crippen molar-refractivity contribution < 1.29 is 4.42 Å². The van der Waals surface area contributed by atoms with E-state index in [9.17, 15) is 0 Å². The van der Waals surface area contributed by atoms with Gasteiger partial charge in [-0.3, -0.25) is 0 Å². The normalized spacial score (nSPS) is 13.9. The van der Waals surface area contributed by atoms with Crippen LogP contribution in [0.2, 0.25) is 0 Å². The summed E-state index contributed by atoms with van der Waals surface area (Å²) in [6.07, 6.45) is 0. The van der Waals surface area contributed by atoms with Crippen molar-refractivity contribution in [1.82, 2.24) is 4.57 Å². The van der Waals surface area contributed by atoms with Gasteiger partial charge in [-0.1, -0.05) is 235 Å². The number of furan rings is 1. The third kappa shape index (κ3) is 9.65. The maximum Gasteiger partial charge on any atom is 0.297 e. The molecule has 3 aromatic heterocycles. The molecule has 0 unspecified atom stereocenters. The highest BCUT2D eigenvalue weighted by molar-refractivity contribution is 7.31. The van der Waals surface area contributed by atoms with Gasteiger partial charge < -0.3 is 28.6 Å². The summed E-state index contributed by atoms with van der Waals surface area (Å²) in [5, 5.41) is 2.38. The molecule has 482 valence electrons. The fourth-order valence-corrected chi connectivity index (χ4v) is 17.5. The lowest BCUT2D eigenvalue weighted by Crippen LogP contribution is -2.61. The number of hydrogen-bond donors (Lipinski definition) is 0. The minimum Gasteiger partial charge on any atom is -0.468 e. The summed E-state index contributed by atoms with van der Waals surface area (Å²) in [5.74, 6) is 0.844. The van der Waals surface area contributed by atoms with E-state index in [0.717, 1.165) is 73.5 Å². The summed E-state index contributed by atoms with van der Waals surface area (Å²) < 4.78 is 11.5. The minimum atomic E-state index is -0.284. The molecule has 14 aromatic rings. The highest BCUT2D eigenvalue weighted by Gasteiger charge is 2.49. The molecule has 0 atom stereocenters. The van der Waals surface area contributed by atoms with Crippen LogP contribution in [-0.4, -0.2) is 18.0 Å². The Labute approximate surface area is 587 Å². The van der Waals surface area contributed by atoms with E-state index in [-0.39, 0.29) is 35.1 Å². The lowest BCUT2D eigenvalue weighted by molar-refractivity contribution is 0.568. The zero-order chi connectivity index (χ0) is 67.8. The molecule has 7 heterocycles. The van der Waals surface area contributed by atoms with Crippen LogP contribution in [0.3, 0.4) is 0 Å². The van der Waals surface area contributed by atoms with E-state index in [2.05, 4.69) is 368 Å². The molecule has 0 aliphatic carbocycles. The number of thiophene rings is 1. The second kappa shape index (κ2) is 22.0. The third-order valence-electron chi connectivity index (χ3n) is 21.3. The number of benzene rings is 11. The SMILES string of the molecule is CC(C)(C)c1cc(N2c3cc(-c4ccccc4)oc3B3c4cc5c6cc7c(cc6n(-c6ccccc6)c5cc4N(c4ccccc4)c4cccc2c43)N(c2ccccc2)c2cccc3c2B7c2sc(-c4ccccc4)cc2N3c2cc(C(C)(C)C)cc(C(C)(C)C)c2)cc(C(C)(C)C)c1. The molecule has 0 radical (unpaired) electrons. The average molecular weight is 1300 g/mol. The van der Waals surface area contributed by atoms with Crippen LogP contribution in [0.25, 0.3) is 49.3 Å². The summed E-state index contributed by atoms with van der Waals surface area (Å²) in [4.78, 5) is 11.5. The molecule has 0 saturated heterocycles. The number of para-hydroxylation sites is 3. The Morgan fingerprint density at radius 3 is 1.11 bits per heavy atom. The summed E-state index contributed by atoms with van der Waals surface area (Å²) in [7, 11) is 0. The van der Waals surface area contributed by atoms with Crippen molar-refractivity contribution >= 4 is 147 Å². The van der Waals surface area contributed by atoms with Gasteiger partial charge >= 0.3 is 0 Å². The minimum absolute atomic E-state index is 0.0903. The molecular weight excluding hydrogens is 1220 g/mol. The van der Waals surface area contributed by atoms with Crippen molar-refractivity contribution in [3.05, 3.63) is 283 Å². The first-order valence-electron chi connectivity index (χ1n) is 35.1. The van der Waals surface area contributed by atoms with Crippen molar-refractivity contribution in [3.63, 3.8) is 0 Å². The Balaban J connectivity index is 0.943. The zero-order valence-corrected chi connectivity index (χ0v) is 59.3. The zero-order valence-electron chi connectivity index (χ0n) is 58.5. The molecule has 99 heavy (non-hydrogen) atoms.